The molecule has 5 amide bonds. The number of piperazine rings is 2. The van der Waals surface area contributed by atoms with E-state index in [0.29, 0.717) is 9.80 Å². The first-order valence-electron chi connectivity index (χ1n) is 14.0. The molecule has 2 saturated heterocycles. The van der Waals surface area contributed by atoms with E-state index in [4.69, 9.17) is 25.4 Å². The number of imide groups is 2. The summed E-state index contributed by atoms with van der Waals surface area (Å²) >= 11 is 0. The van der Waals surface area contributed by atoms with Gasteiger partial charge in [-0.1, -0.05) is 0 Å². The van der Waals surface area contributed by atoms with E-state index in [2.05, 4.69) is 4.74 Å². The molecule has 19 nitrogen and oxygen atoms in total. The maximum absolute atomic E-state index is 12.5. The second kappa shape index (κ2) is 16.6. The van der Waals surface area contributed by atoms with E-state index < -0.39 is 96.6 Å². The summed E-state index contributed by atoms with van der Waals surface area (Å²) in [6.07, 6.45) is -0.725. The Balaban J connectivity index is 0.00000116. The van der Waals surface area contributed by atoms with E-state index in [-0.39, 0.29) is 26.2 Å². The number of carbonyl (C=O) groups is 9. The summed E-state index contributed by atoms with van der Waals surface area (Å²) in [5.41, 5.74) is 4.26. The molecule has 0 aromatic rings. The number of amides is 5. The molecule has 0 aromatic carbocycles. The van der Waals surface area contributed by atoms with E-state index in [1.807, 2.05) is 0 Å². The number of carbonyl (C=O) groups excluding carboxylic acids is 7. The molecule has 2 rings (SSSR count). The van der Waals surface area contributed by atoms with Crippen LogP contribution in [-0.2, 0) is 52.6 Å². The lowest BCUT2D eigenvalue weighted by Gasteiger charge is -2.43. The highest BCUT2D eigenvalue weighted by Gasteiger charge is 2.40. The van der Waals surface area contributed by atoms with Crippen molar-refractivity contribution in [3.05, 3.63) is 0 Å². The standard InChI is InChI=1S/C22H30N4O12.C5H11NO2/c1-11(19(31)32)21(35)37-9-25-15(27)5-23(6-16(25)28)13(3)14(4)24-7-17(29)26(18(30)8-24)10-38-22(36)12(2)20(33)34;1-5(2,3)8-4(6)7/h11-14H,5-10H2,1-4H3,(H,31,32)(H,33,34);1-3H3,(H2,6,7). The minimum atomic E-state index is -1.46. The highest BCUT2D eigenvalue weighted by molar-refractivity contribution is 6.01. The first kappa shape index (κ1) is 39.4. The van der Waals surface area contributed by atoms with Crippen molar-refractivity contribution in [2.24, 2.45) is 17.6 Å². The molecular formula is C27H41N5O14. The van der Waals surface area contributed by atoms with E-state index in [1.54, 1.807) is 34.6 Å². The lowest BCUT2D eigenvalue weighted by Crippen LogP contribution is -2.63. The largest absolute Gasteiger partial charge is 0.481 e. The molecule has 2 heterocycles. The summed E-state index contributed by atoms with van der Waals surface area (Å²) in [5, 5.41) is 17.7. The number of rotatable bonds is 11. The smallest absolute Gasteiger partial charge is 0.405 e. The number of aliphatic carboxylic acids is 2. The average molecular weight is 660 g/mol. The van der Waals surface area contributed by atoms with Crippen molar-refractivity contribution in [3.63, 3.8) is 0 Å². The maximum atomic E-state index is 12.5. The monoisotopic (exact) mass is 659 g/mol. The van der Waals surface area contributed by atoms with Gasteiger partial charge in [0.15, 0.2) is 25.3 Å². The molecule has 4 unspecified atom stereocenters. The molecule has 2 aliphatic rings. The number of nitrogens with zero attached hydrogens (tertiary/aromatic N) is 4. The van der Waals surface area contributed by atoms with Crippen molar-refractivity contribution in [2.45, 2.75) is 66.2 Å². The summed E-state index contributed by atoms with van der Waals surface area (Å²) < 4.78 is 14.1. The van der Waals surface area contributed by atoms with Crippen LogP contribution in [0, 0.1) is 11.8 Å². The molecule has 0 radical (unpaired) electrons. The Morgan fingerprint density at radius 3 is 1.15 bits per heavy atom. The molecule has 4 N–H and O–H groups in total. The quantitative estimate of drug-likeness (QED) is 0.0979. The van der Waals surface area contributed by atoms with Gasteiger partial charge in [-0.15, -0.1) is 0 Å². The highest BCUT2D eigenvalue weighted by atomic mass is 16.6. The molecule has 0 aliphatic carbocycles. The van der Waals surface area contributed by atoms with Crippen molar-refractivity contribution in [3.8, 4) is 0 Å². The van der Waals surface area contributed by atoms with Gasteiger partial charge in [-0.25, -0.2) is 14.6 Å². The van der Waals surface area contributed by atoms with Crippen LogP contribution in [0.5, 0.6) is 0 Å². The van der Waals surface area contributed by atoms with Crippen LogP contribution in [0.4, 0.5) is 4.79 Å². The van der Waals surface area contributed by atoms with Gasteiger partial charge >= 0.3 is 30.0 Å². The van der Waals surface area contributed by atoms with Crippen molar-refractivity contribution in [1.82, 2.24) is 19.6 Å². The van der Waals surface area contributed by atoms with E-state index in [1.165, 1.54) is 9.80 Å². The molecule has 2 aliphatic heterocycles. The minimum absolute atomic E-state index is 0.233. The average Bonchev–Trinajstić information content (AvgIpc) is 2.92. The van der Waals surface area contributed by atoms with Crippen molar-refractivity contribution in [2.75, 3.05) is 39.6 Å². The number of hydrogen-bond donors (Lipinski definition) is 3. The Bertz CT molecular complexity index is 1120. The Morgan fingerprint density at radius 1 is 0.674 bits per heavy atom. The molecule has 46 heavy (non-hydrogen) atoms. The minimum Gasteiger partial charge on any atom is -0.481 e. The molecule has 4 atom stereocenters. The number of hydrogen-bond acceptors (Lipinski definition) is 14. The maximum Gasteiger partial charge on any atom is 0.405 e. The second-order valence-electron chi connectivity index (χ2n) is 11.6. The number of esters is 2. The summed E-state index contributed by atoms with van der Waals surface area (Å²) in [4.78, 5) is 110. The zero-order chi connectivity index (χ0) is 35.7. The lowest BCUT2D eigenvalue weighted by molar-refractivity contribution is -0.173. The van der Waals surface area contributed by atoms with Crippen LogP contribution in [0.25, 0.3) is 0 Å². The third-order valence-electron chi connectivity index (χ3n) is 6.93. The highest BCUT2D eigenvalue weighted by Crippen LogP contribution is 2.18. The first-order valence-corrected chi connectivity index (χ1v) is 14.0. The topological polar surface area (TPSA) is 261 Å². The van der Waals surface area contributed by atoms with Crippen molar-refractivity contribution >= 4 is 53.6 Å². The van der Waals surface area contributed by atoms with Gasteiger partial charge in [0, 0.05) is 12.1 Å². The van der Waals surface area contributed by atoms with Crippen LogP contribution in [-0.4, -0.2) is 141 Å². The third kappa shape index (κ3) is 11.7. The van der Waals surface area contributed by atoms with Crippen LogP contribution < -0.4 is 5.73 Å². The molecule has 2 fully saturated rings. The molecule has 258 valence electrons. The van der Waals surface area contributed by atoms with Crippen LogP contribution in [0.15, 0.2) is 0 Å². The number of carboxylic acids is 2. The fraction of sp³-hybridized carbons (Fsp3) is 0.667. The molecule has 19 heteroatoms. The van der Waals surface area contributed by atoms with Gasteiger partial charge < -0.3 is 30.2 Å². The normalized spacial score (nSPS) is 18.8. The SMILES string of the molecule is CC(C(=O)O)C(=O)OCN1C(=O)CN(C(C)C(C)N2CC(=O)N(COC(=O)C(C)C(=O)O)C(=O)C2)CC1=O.CC(C)(C)OC(N)=O. The fourth-order valence-corrected chi connectivity index (χ4v) is 3.91. The zero-order valence-electron chi connectivity index (χ0n) is 26.7. The van der Waals surface area contributed by atoms with Gasteiger partial charge in [0.2, 0.25) is 23.6 Å². The van der Waals surface area contributed by atoms with Crippen LogP contribution in [0.1, 0.15) is 48.5 Å². The van der Waals surface area contributed by atoms with Crippen LogP contribution in [0.2, 0.25) is 0 Å². The van der Waals surface area contributed by atoms with Crippen molar-refractivity contribution < 1.29 is 67.6 Å². The Labute approximate surface area is 264 Å². The summed E-state index contributed by atoms with van der Waals surface area (Å²) in [6.45, 7) is 8.54. The van der Waals surface area contributed by atoms with Gasteiger partial charge in [0.05, 0.1) is 26.2 Å². The van der Waals surface area contributed by atoms with Gasteiger partial charge in [0.1, 0.15) is 5.60 Å². The number of primary amides is 1. The molecule has 0 aromatic heterocycles. The Kier molecular flexibility index (Phi) is 14.2. The van der Waals surface area contributed by atoms with Crippen LogP contribution in [0.3, 0.4) is 0 Å². The summed E-state index contributed by atoms with van der Waals surface area (Å²) in [6, 6.07) is -0.970. The predicted molar refractivity (Wildman–Crippen MR) is 152 cm³/mol. The van der Waals surface area contributed by atoms with Crippen molar-refractivity contribution in [1.29, 1.82) is 0 Å². The van der Waals surface area contributed by atoms with Crippen LogP contribution >= 0.6 is 0 Å². The number of ether oxygens (including phenoxy) is 3. The Hall–Kier alpha value is -4.65. The molecule has 0 saturated carbocycles. The van der Waals surface area contributed by atoms with E-state index >= 15 is 0 Å². The van der Waals surface area contributed by atoms with E-state index in [0.717, 1.165) is 13.8 Å². The molecule has 0 bridgehead atoms. The Morgan fingerprint density at radius 2 is 0.957 bits per heavy atom. The zero-order valence-corrected chi connectivity index (χ0v) is 26.7. The number of carboxylic acid groups (broad SMARTS) is 2. The fourth-order valence-electron chi connectivity index (χ4n) is 3.91. The van der Waals surface area contributed by atoms with E-state index in [9.17, 15) is 43.2 Å². The second-order valence-corrected chi connectivity index (χ2v) is 11.6. The van der Waals surface area contributed by atoms with Gasteiger partial charge in [0.25, 0.3) is 0 Å². The first-order chi connectivity index (χ1) is 21.1. The predicted octanol–water partition coefficient (Wildman–Crippen LogP) is -1.57. The summed E-state index contributed by atoms with van der Waals surface area (Å²) in [7, 11) is 0. The summed E-state index contributed by atoms with van der Waals surface area (Å²) in [5.74, 6) is -10.6. The van der Waals surface area contributed by atoms with Gasteiger partial charge in [-0.05, 0) is 48.5 Å². The van der Waals surface area contributed by atoms with Gasteiger partial charge in [-0.3, -0.25) is 48.2 Å². The third-order valence-corrected chi connectivity index (χ3v) is 6.93. The molecule has 0 spiro atoms. The lowest BCUT2D eigenvalue weighted by atomic mass is 10.1. The molecular weight excluding hydrogens is 618 g/mol. The van der Waals surface area contributed by atoms with Gasteiger partial charge in [-0.2, -0.15) is 0 Å². The number of nitrogens with two attached hydrogens (primary N) is 1.